The quantitative estimate of drug-likeness (QED) is 0.0866. The number of nitrogens with one attached hydrogen (secondary N) is 10. The lowest BCUT2D eigenvalue weighted by Gasteiger charge is -2.29. The molecule has 11 fully saturated rings. The number of rotatable bonds is 12. The van der Waals surface area contributed by atoms with Crippen LogP contribution in [0.4, 0.5) is 0 Å². The van der Waals surface area contributed by atoms with Gasteiger partial charge in [-0.05, 0) is 174 Å². The lowest BCUT2D eigenvalue weighted by molar-refractivity contribution is 0.272. The molecule has 11 heterocycles. The zero-order valence-electron chi connectivity index (χ0n) is 52.4. The Morgan fingerprint density at radius 3 is 0.628 bits per heavy atom. The van der Waals surface area contributed by atoms with Gasteiger partial charge < -0.3 is 53.2 Å². The zero-order chi connectivity index (χ0) is 54.5. The maximum Gasteiger partial charge on any atom is 0.0255 e. The summed E-state index contributed by atoms with van der Waals surface area (Å²) in [6, 6.07) is 11.9. The van der Waals surface area contributed by atoms with Gasteiger partial charge in [-0.2, -0.15) is 0 Å². The monoisotopic (exact) mass is 1080 g/mol. The molecule has 0 aromatic heterocycles. The fourth-order valence-corrected chi connectivity index (χ4v) is 22.7. The summed E-state index contributed by atoms with van der Waals surface area (Å²) in [6.07, 6.45) is 31.8. The van der Waals surface area contributed by atoms with Crippen LogP contribution in [0.3, 0.4) is 0 Å². The molecule has 20 bridgehead atoms. The topological polar surface area (TPSA) is 120 Å². The van der Waals surface area contributed by atoms with E-state index in [1.54, 1.807) is 0 Å². The summed E-state index contributed by atoms with van der Waals surface area (Å²) in [5.74, 6) is 8.88. The van der Waals surface area contributed by atoms with Gasteiger partial charge in [0.2, 0.25) is 0 Å². The Morgan fingerprint density at radius 2 is 0.436 bits per heavy atom. The van der Waals surface area contributed by atoms with Crippen molar-refractivity contribution in [3.05, 3.63) is 0 Å². The van der Waals surface area contributed by atoms with Crippen molar-refractivity contribution in [2.24, 2.45) is 71.0 Å². The molecular formula is C68H126N10. The van der Waals surface area contributed by atoms with Gasteiger partial charge in [0.25, 0.3) is 0 Å². The first-order chi connectivity index (χ1) is 37.9. The molecule has 0 saturated carbocycles. The summed E-state index contributed by atoms with van der Waals surface area (Å²) in [7, 11) is 0. The first-order valence-corrected chi connectivity index (χ1v) is 35.5. The van der Waals surface area contributed by atoms with E-state index in [9.17, 15) is 0 Å². The molecule has 10 heteroatoms. The van der Waals surface area contributed by atoms with Crippen molar-refractivity contribution < 1.29 is 0 Å². The van der Waals surface area contributed by atoms with Crippen LogP contribution in [0.5, 0.6) is 0 Å². The highest BCUT2D eigenvalue weighted by Crippen LogP contribution is 2.47. The van der Waals surface area contributed by atoms with Crippen molar-refractivity contribution in [3.63, 3.8) is 0 Å². The fraction of sp³-hybridized carbons (Fsp3) is 1.00. The van der Waals surface area contributed by atoms with E-state index in [1.165, 1.54) is 154 Å². The van der Waals surface area contributed by atoms with Crippen molar-refractivity contribution in [2.45, 2.75) is 358 Å². The molecule has 78 heavy (non-hydrogen) atoms. The SMILES string of the molecule is CCCC1CC2NC1CC1NC(C(C)C1CC)C1NC(CC3NC(CC3CCC)C3CCC(N3)C3CC(CCC)C(CC4NC(C(C)C4CC)C4NC(CC5NC(CC5CCC)C5CCC2N5)C(CC)C4C)N3)C(CC)C1C. The molecule has 11 saturated heterocycles. The molecule has 10 N–H and O–H groups in total. The van der Waals surface area contributed by atoms with Crippen molar-refractivity contribution in [2.75, 3.05) is 0 Å². The summed E-state index contributed by atoms with van der Waals surface area (Å²) in [4.78, 5) is 0. The standard InChI is InChI=1S/C68H126N10/c1-13-21-41-29-61-49-25-26-50(69-49)62-30-42(22-14-2)54(72-62)34-59-47(19-7)39(11)67(77-59)68-40(12)48(20-8)60(78-68)36-56-44(24-16-4)32-64(74-56)52-28-27-51(70-52)63-31-43(23-15-3)55(73-63)35-58-46(18-6)38(10)66(76-58)65-37(9)45(17-5)57(75-65)33-53(41)71-61/h37-78H,13-36H2,1-12H3. The molecule has 0 aliphatic carbocycles. The van der Waals surface area contributed by atoms with Crippen molar-refractivity contribution in [1.29, 1.82) is 0 Å². The highest BCUT2D eigenvalue weighted by molar-refractivity contribution is 5.14. The first-order valence-electron chi connectivity index (χ1n) is 35.5. The minimum Gasteiger partial charge on any atom is -0.309 e. The summed E-state index contributed by atoms with van der Waals surface area (Å²) in [5.41, 5.74) is 0. The highest BCUT2D eigenvalue weighted by atomic mass is 15.2. The van der Waals surface area contributed by atoms with Crippen LogP contribution in [-0.4, -0.2) is 121 Å². The Bertz CT molecular complexity index is 1610. The second-order valence-corrected chi connectivity index (χ2v) is 30.4. The van der Waals surface area contributed by atoms with Crippen LogP contribution in [-0.2, 0) is 0 Å². The molecule has 32 unspecified atom stereocenters. The Labute approximate surface area is 480 Å². The Balaban J connectivity index is 0.846. The summed E-state index contributed by atoms with van der Waals surface area (Å²) < 4.78 is 0. The molecule has 0 aromatic carbocycles. The van der Waals surface area contributed by atoms with Crippen LogP contribution in [0.15, 0.2) is 0 Å². The number of fused-ring (bicyclic) bond motifs is 26. The van der Waals surface area contributed by atoms with E-state index in [-0.39, 0.29) is 0 Å². The normalized spacial score (nSPS) is 53.4. The van der Waals surface area contributed by atoms with E-state index in [0.717, 1.165) is 47.3 Å². The average molecular weight is 1080 g/mol. The summed E-state index contributed by atoms with van der Waals surface area (Å²) >= 11 is 0. The maximum atomic E-state index is 4.52. The van der Waals surface area contributed by atoms with Gasteiger partial charge in [-0.3, -0.25) is 0 Å². The van der Waals surface area contributed by atoms with Crippen molar-refractivity contribution in [3.8, 4) is 0 Å². The van der Waals surface area contributed by atoms with Gasteiger partial charge in [-0.1, -0.05) is 134 Å². The first kappa shape index (κ1) is 59.3. The second-order valence-electron chi connectivity index (χ2n) is 30.4. The van der Waals surface area contributed by atoms with E-state index in [2.05, 4.69) is 136 Å². The molecule has 0 spiro atoms. The van der Waals surface area contributed by atoms with Gasteiger partial charge in [-0.15, -0.1) is 0 Å². The highest BCUT2D eigenvalue weighted by Gasteiger charge is 2.55. The van der Waals surface area contributed by atoms with Crippen LogP contribution >= 0.6 is 0 Å². The molecule has 11 rings (SSSR count). The van der Waals surface area contributed by atoms with Crippen molar-refractivity contribution in [1.82, 2.24) is 53.2 Å². The lowest BCUT2D eigenvalue weighted by Crippen LogP contribution is -2.52. The third-order valence-corrected chi connectivity index (χ3v) is 26.6. The summed E-state index contributed by atoms with van der Waals surface area (Å²) in [6.45, 7) is 30.4. The molecule has 448 valence electrons. The zero-order valence-corrected chi connectivity index (χ0v) is 52.4. The minimum absolute atomic E-state index is 0.552. The maximum absolute atomic E-state index is 4.52. The number of hydrogen-bond donors (Lipinski definition) is 10. The Hall–Kier alpha value is -0.400. The van der Waals surface area contributed by atoms with Crippen LogP contribution in [0.2, 0.25) is 0 Å². The molecule has 10 nitrogen and oxygen atoms in total. The van der Waals surface area contributed by atoms with E-state index in [1.807, 2.05) is 0 Å². The summed E-state index contributed by atoms with van der Waals surface area (Å²) in [5, 5.41) is 44.8. The molecule has 0 aromatic rings. The Morgan fingerprint density at radius 1 is 0.231 bits per heavy atom. The largest absolute Gasteiger partial charge is 0.309 e. The van der Waals surface area contributed by atoms with Crippen LogP contribution in [0.1, 0.15) is 237 Å². The molecule has 0 radical (unpaired) electrons. The van der Waals surface area contributed by atoms with Gasteiger partial charge in [0.15, 0.2) is 0 Å². The molecule has 32 atom stereocenters. The van der Waals surface area contributed by atoms with Crippen molar-refractivity contribution >= 4 is 0 Å². The van der Waals surface area contributed by atoms with Gasteiger partial charge in [0, 0.05) is 121 Å². The minimum atomic E-state index is 0.552. The van der Waals surface area contributed by atoms with E-state index in [0.29, 0.717) is 145 Å². The molecule has 11 aliphatic heterocycles. The molecule has 0 amide bonds. The predicted octanol–water partition coefficient (Wildman–Crippen LogP) is 10.4. The van der Waals surface area contributed by atoms with E-state index >= 15 is 0 Å². The molecule has 11 aliphatic rings. The van der Waals surface area contributed by atoms with Gasteiger partial charge in [0.1, 0.15) is 0 Å². The van der Waals surface area contributed by atoms with Crippen LogP contribution in [0, 0.1) is 71.0 Å². The van der Waals surface area contributed by atoms with Gasteiger partial charge in [-0.25, -0.2) is 0 Å². The predicted molar refractivity (Wildman–Crippen MR) is 328 cm³/mol. The van der Waals surface area contributed by atoms with Crippen LogP contribution < -0.4 is 53.2 Å². The van der Waals surface area contributed by atoms with Gasteiger partial charge in [0.05, 0.1) is 0 Å². The third-order valence-electron chi connectivity index (χ3n) is 26.6. The second kappa shape index (κ2) is 26.1. The molecular weight excluding hydrogens is 957 g/mol. The average Bonchev–Trinajstić information content (AvgIpc) is 4.30. The lowest BCUT2D eigenvalue weighted by atomic mass is 9.77. The Kier molecular flexibility index (Phi) is 19.8. The van der Waals surface area contributed by atoms with Crippen LogP contribution in [0.25, 0.3) is 0 Å². The number of hydrogen-bond acceptors (Lipinski definition) is 10. The smallest absolute Gasteiger partial charge is 0.0255 e. The van der Waals surface area contributed by atoms with E-state index < -0.39 is 0 Å². The van der Waals surface area contributed by atoms with Gasteiger partial charge >= 0.3 is 0 Å². The van der Waals surface area contributed by atoms with E-state index in [4.69, 9.17) is 0 Å². The third kappa shape index (κ3) is 11.7. The fourth-order valence-electron chi connectivity index (χ4n) is 22.7.